The molecule has 0 saturated heterocycles. The van der Waals surface area contributed by atoms with Gasteiger partial charge in [-0.2, -0.15) is 0 Å². The zero-order valence-electron chi connectivity index (χ0n) is 13.9. The average Bonchev–Trinajstić information content (AvgIpc) is 3.14. The Balaban J connectivity index is 1.58. The standard InChI is InChI=1S/C19H13N3O5/c20-17(24)14-9-21(15-8-4-3-5-11(14)15)10-16(23)27-22-18(25)12-6-1-2-7-13(12)19(22)26/h1-9H,10H2,(H2,20,24). The Hall–Kier alpha value is -3.94. The van der Waals surface area contributed by atoms with Crippen molar-refractivity contribution in [1.29, 1.82) is 0 Å². The van der Waals surface area contributed by atoms with Crippen molar-refractivity contribution in [3.05, 3.63) is 71.4 Å². The summed E-state index contributed by atoms with van der Waals surface area (Å²) in [7, 11) is 0. The van der Waals surface area contributed by atoms with E-state index < -0.39 is 23.7 Å². The van der Waals surface area contributed by atoms with Gasteiger partial charge in [0.1, 0.15) is 6.54 Å². The van der Waals surface area contributed by atoms with Crippen LogP contribution in [0.4, 0.5) is 0 Å². The second-order valence-corrected chi connectivity index (χ2v) is 5.97. The van der Waals surface area contributed by atoms with E-state index in [-0.39, 0.29) is 23.2 Å². The normalized spacial score (nSPS) is 13.1. The summed E-state index contributed by atoms with van der Waals surface area (Å²) >= 11 is 0. The molecule has 1 aromatic heterocycles. The number of nitrogens with two attached hydrogens (primary N) is 1. The summed E-state index contributed by atoms with van der Waals surface area (Å²) in [4.78, 5) is 53.4. The molecule has 0 unspecified atom stereocenters. The van der Waals surface area contributed by atoms with Crippen LogP contribution in [0.3, 0.4) is 0 Å². The van der Waals surface area contributed by atoms with Crippen LogP contribution >= 0.6 is 0 Å². The third-order valence-corrected chi connectivity index (χ3v) is 4.30. The fourth-order valence-corrected chi connectivity index (χ4v) is 3.09. The van der Waals surface area contributed by atoms with Gasteiger partial charge in [-0.3, -0.25) is 14.4 Å². The van der Waals surface area contributed by atoms with E-state index in [0.29, 0.717) is 16.0 Å². The Morgan fingerprint density at radius 3 is 2.15 bits per heavy atom. The Kier molecular flexibility index (Phi) is 3.73. The van der Waals surface area contributed by atoms with E-state index in [9.17, 15) is 19.2 Å². The van der Waals surface area contributed by atoms with Gasteiger partial charge in [0.15, 0.2) is 0 Å². The molecular formula is C19H13N3O5. The summed E-state index contributed by atoms with van der Waals surface area (Å²) in [6, 6.07) is 13.1. The predicted octanol–water partition coefficient (Wildman–Crippen LogP) is 1.49. The molecule has 0 radical (unpaired) electrons. The van der Waals surface area contributed by atoms with E-state index in [1.165, 1.54) is 22.9 Å². The number of rotatable bonds is 4. The fraction of sp³-hybridized carbons (Fsp3) is 0.0526. The molecule has 2 aromatic carbocycles. The summed E-state index contributed by atoms with van der Waals surface area (Å²) in [5, 5.41) is 1.05. The number of carbonyl (C=O) groups excluding carboxylic acids is 4. The minimum atomic E-state index is -0.832. The van der Waals surface area contributed by atoms with Crippen LogP contribution in [0.15, 0.2) is 54.7 Å². The van der Waals surface area contributed by atoms with E-state index in [4.69, 9.17) is 10.6 Å². The molecule has 0 saturated carbocycles. The van der Waals surface area contributed by atoms with Gasteiger partial charge in [-0.05, 0) is 18.2 Å². The van der Waals surface area contributed by atoms with E-state index in [0.717, 1.165) is 0 Å². The van der Waals surface area contributed by atoms with Gasteiger partial charge in [0.2, 0.25) is 0 Å². The first-order valence-corrected chi connectivity index (χ1v) is 8.03. The first-order valence-electron chi connectivity index (χ1n) is 8.03. The van der Waals surface area contributed by atoms with E-state index >= 15 is 0 Å². The highest BCUT2D eigenvalue weighted by Gasteiger charge is 2.38. The Bertz CT molecular complexity index is 1100. The zero-order chi connectivity index (χ0) is 19.1. The maximum atomic E-state index is 12.3. The summed E-state index contributed by atoms with van der Waals surface area (Å²) in [5.74, 6) is -2.85. The molecular weight excluding hydrogens is 350 g/mol. The second kappa shape index (κ2) is 6.10. The molecule has 3 amide bonds. The fourth-order valence-electron chi connectivity index (χ4n) is 3.09. The highest BCUT2D eigenvalue weighted by molar-refractivity contribution is 6.20. The molecule has 0 spiro atoms. The molecule has 27 heavy (non-hydrogen) atoms. The number of benzene rings is 2. The van der Waals surface area contributed by atoms with E-state index in [1.54, 1.807) is 36.4 Å². The molecule has 8 nitrogen and oxygen atoms in total. The van der Waals surface area contributed by atoms with Crippen LogP contribution in [-0.4, -0.2) is 33.3 Å². The van der Waals surface area contributed by atoms with E-state index in [2.05, 4.69) is 0 Å². The lowest BCUT2D eigenvalue weighted by molar-refractivity contribution is -0.169. The van der Waals surface area contributed by atoms with Crippen molar-refractivity contribution >= 4 is 34.6 Å². The average molecular weight is 363 g/mol. The third-order valence-electron chi connectivity index (χ3n) is 4.30. The molecule has 134 valence electrons. The van der Waals surface area contributed by atoms with Crippen LogP contribution in [0.1, 0.15) is 31.1 Å². The van der Waals surface area contributed by atoms with Crippen LogP contribution in [0, 0.1) is 0 Å². The molecule has 2 heterocycles. The lowest BCUT2D eigenvalue weighted by Crippen LogP contribution is -2.33. The van der Waals surface area contributed by atoms with Crippen LogP contribution in [0.25, 0.3) is 10.9 Å². The quantitative estimate of drug-likeness (QED) is 0.706. The van der Waals surface area contributed by atoms with Gasteiger partial charge in [0.25, 0.3) is 17.7 Å². The maximum absolute atomic E-state index is 12.3. The number of primary amides is 1. The van der Waals surface area contributed by atoms with Crippen LogP contribution in [0.2, 0.25) is 0 Å². The predicted molar refractivity (Wildman–Crippen MR) is 93.5 cm³/mol. The number of fused-ring (bicyclic) bond motifs is 2. The number of carbonyl (C=O) groups is 4. The molecule has 0 fully saturated rings. The molecule has 4 rings (SSSR count). The van der Waals surface area contributed by atoms with Crippen molar-refractivity contribution in [2.24, 2.45) is 5.73 Å². The number of amides is 3. The SMILES string of the molecule is NC(=O)c1cn(CC(=O)ON2C(=O)c3ccccc3C2=O)c2ccccc12. The van der Waals surface area contributed by atoms with Crippen molar-refractivity contribution in [3.8, 4) is 0 Å². The highest BCUT2D eigenvalue weighted by atomic mass is 16.7. The number of hydrogen-bond acceptors (Lipinski definition) is 5. The van der Waals surface area contributed by atoms with Gasteiger partial charge in [0, 0.05) is 17.1 Å². The summed E-state index contributed by atoms with van der Waals surface area (Å²) in [5.41, 5.74) is 6.60. The van der Waals surface area contributed by atoms with E-state index in [1.807, 2.05) is 0 Å². The number of imide groups is 1. The van der Waals surface area contributed by atoms with Crippen molar-refractivity contribution in [1.82, 2.24) is 9.63 Å². The summed E-state index contributed by atoms with van der Waals surface area (Å²) in [6.07, 6.45) is 1.44. The molecule has 1 aliphatic rings. The first-order chi connectivity index (χ1) is 13.0. The Morgan fingerprint density at radius 1 is 0.926 bits per heavy atom. The van der Waals surface area contributed by atoms with Crippen molar-refractivity contribution in [3.63, 3.8) is 0 Å². The molecule has 0 bridgehead atoms. The molecule has 8 heteroatoms. The van der Waals surface area contributed by atoms with Crippen molar-refractivity contribution < 1.29 is 24.0 Å². The molecule has 1 aliphatic heterocycles. The lowest BCUT2D eigenvalue weighted by Gasteiger charge is -2.13. The number of aromatic nitrogens is 1. The van der Waals surface area contributed by atoms with Crippen LogP contribution in [0.5, 0.6) is 0 Å². The number of hydroxylamine groups is 2. The number of hydrogen-bond donors (Lipinski definition) is 1. The maximum Gasteiger partial charge on any atom is 0.352 e. The smallest absolute Gasteiger partial charge is 0.352 e. The topological polar surface area (TPSA) is 112 Å². The van der Waals surface area contributed by atoms with Gasteiger partial charge >= 0.3 is 5.97 Å². The third kappa shape index (κ3) is 2.63. The van der Waals surface area contributed by atoms with Crippen LogP contribution in [-0.2, 0) is 16.2 Å². The number of nitrogens with zero attached hydrogens (tertiary/aromatic N) is 2. The molecule has 2 N–H and O–H groups in total. The monoisotopic (exact) mass is 363 g/mol. The van der Waals surface area contributed by atoms with Gasteiger partial charge in [-0.25, -0.2) is 4.79 Å². The van der Waals surface area contributed by atoms with Gasteiger partial charge in [0.05, 0.1) is 16.7 Å². The molecule has 3 aromatic rings. The largest absolute Gasteiger partial charge is 0.366 e. The van der Waals surface area contributed by atoms with Crippen molar-refractivity contribution in [2.75, 3.05) is 0 Å². The van der Waals surface area contributed by atoms with Crippen LogP contribution < -0.4 is 5.73 Å². The second-order valence-electron chi connectivity index (χ2n) is 5.97. The minimum absolute atomic E-state index is 0.178. The summed E-state index contributed by atoms with van der Waals surface area (Å²) in [6.45, 7) is -0.304. The molecule has 0 atom stereocenters. The lowest BCUT2D eigenvalue weighted by atomic mass is 10.1. The van der Waals surface area contributed by atoms with Gasteiger partial charge < -0.3 is 15.1 Å². The number of para-hydroxylation sites is 1. The minimum Gasteiger partial charge on any atom is -0.366 e. The highest BCUT2D eigenvalue weighted by Crippen LogP contribution is 2.24. The zero-order valence-corrected chi connectivity index (χ0v) is 13.9. The first kappa shape index (κ1) is 16.5. The van der Waals surface area contributed by atoms with Crippen molar-refractivity contribution in [2.45, 2.75) is 6.54 Å². The Labute approximate surface area is 152 Å². The molecule has 0 aliphatic carbocycles. The Morgan fingerprint density at radius 2 is 1.52 bits per heavy atom. The van der Waals surface area contributed by atoms with Gasteiger partial charge in [-0.1, -0.05) is 35.4 Å². The van der Waals surface area contributed by atoms with Gasteiger partial charge in [-0.15, -0.1) is 0 Å². The summed E-state index contributed by atoms with van der Waals surface area (Å²) < 4.78 is 1.48.